The largest absolute Gasteiger partial charge is 0.383 e. The number of anilines is 3. The normalized spacial score (nSPS) is 14.2. The summed E-state index contributed by atoms with van der Waals surface area (Å²) < 4.78 is 27.7. The van der Waals surface area contributed by atoms with Crippen molar-refractivity contribution in [2.75, 3.05) is 42.1 Å². The van der Waals surface area contributed by atoms with Crippen LogP contribution in [0.25, 0.3) is 5.57 Å². The molecule has 1 aliphatic rings. The lowest BCUT2D eigenvalue weighted by Crippen LogP contribution is -2.25. The number of hydrogen-bond acceptors (Lipinski definition) is 4. The summed E-state index contributed by atoms with van der Waals surface area (Å²) in [4.78, 5) is 14.4. The number of hydrogen-bond donors (Lipinski definition) is 3. The Morgan fingerprint density at radius 1 is 1.10 bits per heavy atom. The summed E-state index contributed by atoms with van der Waals surface area (Å²) in [5, 5.41) is 8.68. The summed E-state index contributed by atoms with van der Waals surface area (Å²) in [6, 6.07) is 8.91. The van der Waals surface area contributed by atoms with Gasteiger partial charge in [0.15, 0.2) is 0 Å². The molecule has 0 saturated carbocycles. The first kappa shape index (κ1) is 20.8. The van der Waals surface area contributed by atoms with Gasteiger partial charge in [0.25, 0.3) is 5.91 Å². The third-order valence-corrected chi connectivity index (χ3v) is 4.98. The second kappa shape index (κ2) is 9.52. The smallest absolute Gasteiger partial charge is 0.257 e. The van der Waals surface area contributed by atoms with E-state index in [0.717, 1.165) is 26.1 Å². The molecule has 2 aromatic carbocycles. The van der Waals surface area contributed by atoms with E-state index >= 15 is 0 Å². The summed E-state index contributed by atoms with van der Waals surface area (Å²) in [7, 11) is 0. The molecule has 7 heteroatoms. The molecule has 2 aromatic rings. The predicted molar refractivity (Wildman–Crippen MR) is 114 cm³/mol. The average Bonchev–Trinajstić information content (AvgIpc) is 3.01. The van der Waals surface area contributed by atoms with E-state index in [-0.39, 0.29) is 11.7 Å². The van der Waals surface area contributed by atoms with Crippen LogP contribution in [0.15, 0.2) is 42.6 Å². The van der Waals surface area contributed by atoms with Gasteiger partial charge in [-0.15, -0.1) is 0 Å². The summed E-state index contributed by atoms with van der Waals surface area (Å²) >= 11 is 0. The fourth-order valence-electron chi connectivity index (χ4n) is 3.28. The van der Waals surface area contributed by atoms with E-state index in [4.69, 9.17) is 0 Å². The van der Waals surface area contributed by atoms with Crippen LogP contribution in [0.4, 0.5) is 25.8 Å². The van der Waals surface area contributed by atoms with Crippen LogP contribution in [0.5, 0.6) is 0 Å². The molecule has 0 spiro atoms. The summed E-state index contributed by atoms with van der Waals surface area (Å²) in [6.45, 7) is 7.95. The minimum Gasteiger partial charge on any atom is -0.383 e. The molecule has 3 rings (SSSR count). The number of nitrogens with one attached hydrogen (secondary N) is 3. The number of amides is 1. The molecule has 0 aromatic heterocycles. The van der Waals surface area contributed by atoms with E-state index in [9.17, 15) is 13.6 Å². The van der Waals surface area contributed by atoms with Crippen molar-refractivity contribution in [2.24, 2.45) is 0 Å². The zero-order valence-electron chi connectivity index (χ0n) is 16.7. The number of carbonyl (C=O) groups is 1. The first-order chi connectivity index (χ1) is 14.0. The number of benzene rings is 2. The van der Waals surface area contributed by atoms with Crippen LogP contribution in [-0.2, 0) is 4.79 Å². The zero-order chi connectivity index (χ0) is 20.8. The minimum atomic E-state index is -0.416. The van der Waals surface area contributed by atoms with E-state index in [1.54, 1.807) is 18.2 Å². The van der Waals surface area contributed by atoms with E-state index in [0.29, 0.717) is 34.7 Å². The highest BCUT2D eigenvalue weighted by Gasteiger charge is 2.24. The highest BCUT2D eigenvalue weighted by Crippen LogP contribution is 2.32. The van der Waals surface area contributed by atoms with Crippen LogP contribution in [0.2, 0.25) is 0 Å². The molecular weight excluding hydrogens is 374 g/mol. The predicted octanol–water partition coefficient (Wildman–Crippen LogP) is 4.51. The topological polar surface area (TPSA) is 56.4 Å². The fraction of sp³-hybridized carbons (Fsp3) is 0.318. The molecule has 3 N–H and O–H groups in total. The van der Waals surface area contributed by atoms with Gasteiger partial charge in [-0.2, -0.15) is 0 Å². The van der Waals surface area contributed by atoms with Crippen molar-refractivity contribution >= 4 is 28.5 Å². The molecule has 0 bridgehead atoms. The van der Waals surface area contributed by atoms with Crippen LogP contribution in [-0.4, -0.2) is 37.0 Å². The lowest BCUT2D eigenvalue weighted by molar-refractivity contribution is -0.110. The van der Waals surface area contributed by atoms with Gasteiger partial charge in [-0.1, -0.05) is 13.8 Å². The Hall–Kier alpha value is -2.93. The molecule has 0 saturated heterocycles. The van der Waals surface area contributed by atoms with E-state index in [1.165, 1.54) is 24.4 Å². The SMILES string of the molecule is CCN(CC)CCCNc1ccc(NC=C2C(=O)Nc3cc(F)ccc32)cc1F. The molecule has 1 amide bonds. The van der Waals surface area contributed by atoms with Crippen LogP contribution in [0.3, 0.4) is 0 Å². The number of carbonyl (C=O) groups excluding carboxylic acids is 1. The summed E-state index contributed by atoms with van der Waals surface area (Å²) in [5.41, 5.74) is 2.38. The molecular formula is C22H26F2N4O. The van der Waals surface area contributed by atoms with E-state index in [1.807, 2.05) is 0 Å². The van der Waals surface area contributed by atoms with Gasteiger partial charge in [-0.05, 0) is 62.5 Å². The molecule has 5 nitrogen and oxygen atoms in total. The van der Waals surface area contributed by atoms with Crippen LogP contribution in [0, 0.1) is 11.6 Å². The van der Waals surface area contributed by atoms with Crippen molar-refractivity contribution in [3.63, 3.8) is 0 Å². The minimum absolute atomic E-state index is 0.329. The van der Waals surface area contributed by atoms with Crippen molar-refractivity contribution in [3.8, 4) is 0 Å². The van der Waals surface area contributed by atoms with Gasteiger partial charge < -0.3 is 20.9 Å². The maximum absolute atomic E-state index is 14.4. The number of rotatable bonds is 9. The van der Waals surface area contributed by atoms with Gasteiger partial charge in [-0.25, -0.2) is 8.78 Å². The second-order valence-electron chi connectivity index (χ2n) is 6.85. The maximum Gasteiger partial charge on any atom is 0.257 e. The average molecular weight is 400 g/mol. The molecule has 0 fully saturated rings. The molecule has 0 unspecified atom stereocenters. The monoisotopic (exact) mass is 400 g/mol. The third-order valence-electron chi connectivity index (χ3n) is 4.98. The molecule has 29 heavy (non-hydrogen) atoms. The maximum atomic E-state index is 14.4. The highest BCUT2D eigenvalue weighted by atomic mass is 19.1. The quantitative estimate of drug-likeness (QED) is 0.428. The molecule has 0 aliphatic carbocycles. The van der Waals surface area contributed by atoms with E-state index in [2.05, 4.69) is 34.7 Å². The number of halogens is 2. The van der Waals surface area contributed by atoms with Crippen LogP contribution >= 0.6 is 0 Å². The number of fused-ring (bicyclic) bond motifs is 1. The highest BCUT2D eigenvalue weighted by molar-refractivity contribution is 6.31. The van der Waals surface area contributed by atoms with Crippen molar-refractivity contribution in [3.05, 3.63) is 59.8 Å². The van der Waals surface area contributed by atoms with Crippen molar-refractivity contribution in [2.45, 2.75) is 20.3 Å². The van der Waals surface area contributed by atoms with Gasteiger partial charge in [0, 0.05) is 24.0 Å². The summed E-state index contributed by atoms with van der Waals surface area (Å²) in [6.07, 6.45) is 2.44. The lowest BCUT2D eigenvalue weighted by Gasteiger charge is -2.18. The Morgan fingerprint density at radius 3 is 2.62 bits per heavy atom. The molecule has 0 radical (unpaired) electrons. The number of nitrogens with zero attached hydrogens (tertiary/aromatic N) is 1. The Labute approximate surface area is 169 Å². The van der Waals surface area contributed by atoms with Gasteiger partial charge in [-0.3, -0.25) is 4.79 Å². The first-order valence-corrected chi connectivity index (χ1v) is 9.85. The van der Waals surface area contributed by atoms with Gasteiger partial charge in [0.2, 0.25) is 0 Å². The molecule has 1 heterocycles. The van der Waals surface area contributed by atoms with E-state index < -0.39 is 5.82 Å². The molecule has 0 atom stereocenters. The van der Waals surface area contributed by atoms with Crippen LogP contribution in [0.1, 0.15) is 25.8 Å². The van der Waals surface area contributed by atoms with Gasteiger partial charge >= 0.3 is 0 Å². The fourth-order valence-corrected chi connectivity index (χ4v) is 3.28. The summed E-state index contributed by atoms with van der Waals surface area (Å²) in [5.74, 6) is -1.11. The zero-order valence-corrected chi connectivity index (χ0v) is 16.7. The van der Waals surface area contributed by atoms with Crippen molar-refractivity contribution < 1.29 is 13.6 Å². The Kier molecular flexibility index (Phi) is 6.82. The Balaban J connectivity index is 1.60. The third kappa shape index (κ3) is 5.12. The Bertz CT molecular complexity index is 910. The molecule has 154 valence electrons. The van der Waals surface area contributed by atoms with Crippen molar-refractivity contribution in [1.82, 2.24) is 4.90 Å². The first-order valence-electron chi connectivity index (χ1n) is 9.85. The second-order valence-corrected chi connectivity index (χ2v) is 6.85. The Morgan fingerprint density at radius 2 is 1.90 bits per heavy atom. The molecule has 1 aliphatic heterocycles. The van der Waals surface area contributed by atoms with Crippen molar-refractivity contribution in [1.29, 1.82) is 0 Å². The standard InChI is InChI=1S/C22H26F2N4O/c1-3-28(4-2)11-5-10-25-20-9-7-16(13-19(20)24)26-14-18-17-8-6-15(23)12-21(17)27-22(18)29/h6-9,12-14,25-26H,3-5,10-11H2,1-2H3,(H,27,29). The van der Waals surface area contributed by atoms with Crippen LogP contribution < -0.4 is 16.0 Å². The van der Waals surface area contributed by atoms with Gasteiger partial charge in [0.1, 0.15) is 11.6 Å². The van der Waals surface area contributed by atoms with Gasteiger partial charge in [0.05, 0.1) is 16.9 Å². The lowest BCUT2D eigenvalue weighted by atomic mass is 10.1.